The highest BCUT2D eigenvalue weighted by atomic mass is 35.5. The van der Waals surface area contributed by atoms with E-state index in [2.05, 4.69) is 29.8 Å². The van der Waals surface area contributed by atoms with Crippen LogP contribution in [-0.4, -0.2) is 52.5 Å². The predicted octanol–water partition coefficient (Wildman–Crippen LogP) is 6.97. The molecule has 0 spiro atoms. The maximum absolute atomic E-state index is 13.8. The number of aromatic amines is 1. The highest BCUT2D eigenvalue weighted by Crippen LogP contribution is 2.40. The summed E-state index contributed by atoms with van der Waals surface area (Å²) < 4.78 is 5.50. The maximum Gasteiger partial charge on any atom is 0.410 e. The minimum absolute atomic E-state index is 0.0584. The summed E-state index contributed by atoms with van der Waals surface area (Å²) in [7, 11) is 1.81. The number of amides is 2. The lowest BCUT2D eigenvalue weighted by atomic mass is 9.80. The summed E-state index contributed by atoms with van der Waals surface area (Å²) in [4.78, 5) is 33.6. The Balaban J connectivity index is 1.42. The minimum Gasteiger partial charge on any atom is -0.444 e. The van der Waals surface area contributed by atoms with Crippen LogP contribution in [-0.2, 0) is 16.0 Å². The van der Waals surface area contributed by atoms with Gasteiger partial charge in [-0.25, -0.2) is 4.79 Å². The van der Waals surface area contributed by atoms with Crippen molar-refractivity contribution < 1.29 is 14.3 Å². The number of rotatable bonds is 5. The van der Waals surface area contributed by atoms with Gasteiger partial charge in [-0.3, -0.25) is 4.79 Å². The summed E-state index contributed by atoms with van der Waals surface area (Å²) in [6, 6.07) is 6.12. The first-order chi connectivity index (χ1) is 16.9. The molecule has 1 aromatic carbocycles. The molecule has 1 aliphatic heterocycles. The van der Waals surface area contributed by atoms with Crippen LogP contribution in [0.15, 0.2) is 18.2 Å². The number of ether oxygens (including phenoxy) is 1. The van der Waals surface area contributed by atoms with Crippen LogP contribution in [0.3, 0.4) is 0 Å². The van der Waals surface area contributed by atoms with Crippen molar-refractivity contribution in [3.05, 3.63) is 34.5 Å². The summed E-state index contributed by atoms with van der Waals surface area (Å²) in [6.07, 6.45) is 5.21. The quantitative estimate of drug-likeness (QED) is 0.467. The molecule has 0 bridgehead atoms. The Bertz CT molecular complexity index is 1100. The van der Waals surface area contributed by atoms with Crippen molar-refractivity contribution in [3.8, 4) is 0 Å². The number of hydrogen-bond acceptors (Lipinski definition) is 3. The number of carbonyl (C=O) groups is 2. The van der Waals surface area contributed by atoms with Crippen molar-refractivity contribution >= 4 is 34.5 Å². The number of hydrogen-bond donors (Lipinski definition) is 1. The zero-order valence-corrected chi connectivity index (χ0v) is 23.5. The first-order valence-corrected chi connectivity index (χ1v) is 13.8. The molecule has 36 heavy (non-hydrogen) atoms. The summed E-state index contributed by atoms with van der Waals surface area (Å²) in [5.41, 5.74) is 3.09. The van der Waals surface area contributed by atoms with Crippen LogP contribution >= 0.6 is 11.6 Å². The predicted molar refractivity (Wildman–Crippen MR) is 145 cm³/mol. The molecule has 7 heteroatoms. The number of fused-ring (bicyclic) bond motifs is 3. The van der Waals surface area contributed by atoms with Gasteiger partial charge in [0.25, 0.3) is 0 Å². The van der Waals surface area contributed by atoms with E-state index in [4.69, 9.17) is 16.3 Å². The molecule has 1 unspecified atom stereocenters. The van der Waals surface area contributed by atoms with Crippen molar-refractivity contribution in [2.75, 3.05) is 20.1 Å². The van der Waals surface area contributed by atoms with Gasteiger partial charge in [0, 0.05) is 47.7 Å². The number of nitrogens with one attached hydrogen (secondary N) is 1. The molecule has 1 atom stereocenters. The van der Waals surface area contributed by atoms with E-state index in [1.54, 1.807) is 11.9 Å². The Hall–Kier alpha value is -2.21. The highest BCUT2D eigenvalue weighted by molar-refractivity contribution is 6.31. The SMILES string of the molecule is CC(C)CC1c2[nH]c3cc(Cl)ccc3c2CCN1C(=O)C1CCC(CN(C)C(=O)OC(C)(C)C)CC1. The average molecular weight is 516 g/mol. The summed E-state index contributed by atoms with van der Waals surface area (Å²) in [6.45, 7) is 11.5. The van der Waals surface area contributed by atoms with Crippen LogP contribution in [0.25, 0.3) is 10.9 Å². The second-order valence-corrected chi connectivity index (χ2v) is 12.6. The van der Waals surface area contributed by atoms with Gasteiger partial charge >= 0.3 is 6.09 Å². The monoisotopic (exact) mass is 515 g/mol. The van der Waals surface area contributed by atoms with Gasteiger partial charge < -0.3 is 19.5 Å². The summed E-state index contributed by atoms with van der Waals surface area (Å²) in [5, 5.41) is 1.95. The van der Waals surface area contributed by atoms with Gasteiger partial charge in [0.05, 0.1) is 6.04 Å². The molecule has 0 saturated heterocycles. The van der Waals surface area contributed by atoms with Gasteiger partial charge in [-0.2, -0.15) is 0 Å². The molecule has 2 aromatic rings. The van der Waals surface area contributed by atoms with Crippen LogP contribution in [0.5, 0.6) is 0 Å². The van der Waals surface area contributed by atoms with E-state index in [1.165, 1.54) is 16.6 Å². The minimum atomic E-state index is -0.493. The number of benzene rings is 1. The Morgan fingerprint density at radius 3 is 2.53 bits per heavy atom. The molecule has 6 nitrogen and oxygen atoms in total. The van der Waals surface area contributed by atoms with Crippen LogP contribution in [0, 0.1) is 17.8 Å². The molecule has 1 fully saturated rings. The number of aromatic nitrogens is 1. The van der Waals surface area contributed by atoms with Gasteiger partial charge in [0.15, 0.2) is 0 Å². The fraction of sp³-hybridized carbons (Fsp3) is 0.655. The molecule has 2 heterocycles. The van der Waals surface area contributed by atoms with Crippen LogP contribution in [0.4, 0.5) is 4.79 Å². The van der Waals surface area contributed by atoms with E-state index in [0.717, 1.165) is 55.6 Å². The van der Waals surface area contributed by atoms with Crippen molar-refractivity contribution in [1.29, 1.82) is 0 Å². The van der Waals surface area contributed by atoms with Crippen molar-refractivity contribution in [1.82, 2.24) is 14.8 Å². The van der Waals surface area contributed by atoms with Crippen molar-refractivity contribution in [3.63, 3.8) is 0 Å². The summed E-state index contributed by atoms with van der Waals surface area (Å²) >= 11 is 6.26. The lowest BCUT2D eigenvalue weighted by Gasteiger charge is -2.40. The van der Waals surface area contributed by atoms with Crippen molar-refractivity contribution in [2.45, 2.75) is 84.8 Å². The molecule has 1 N–H and O–H groups in total. The summed E-state index contributed by atoms with van der Waals surface area (Å²) in [5.74, 6) is 1.24. The van der Waals surface area contributed by atoms with Crippen LogP contribution in [0.1, 0.15) is 84.0 Å². The van der Waals surface area contributed by atoms with E-state index in [1.807, 2.05) is 32.9 Å². The van der Waals surface area contributed by atoms with Gasteiger partial charge in [0.1, 0.15) is 5.60 Å². The van der Waals surface area contributed by atoms with Crippen LogP contribution < -0.4 is 0 Å². The van der Waals surface area contributed by atoms with E-state index in [-0.39, 0.29) is 18.1 Å². The number of nitrogens with zero attached hydrogens (tertiary/aromatic N) is 2. The lowest BCUT2D eigenvalue weighted by Crippen LogP contribution is -2.45. The van der Waals surface area contributed by atoms with Gasteiger partial charge in [-0.05, 0) is 88.8 Å². The first-order valence-electron chi connectivity index (χ1n) is 13.5. The van der Waals surface area contributed by atoms with Gasteiger partial charge in [-0.15, -0.1) is 0 Å². The molecule has 1 aromatic heterocycles. The Morgan fingerprint density at radius 1 is 1.19 bits per heavy atom. The molecular weight excluding hydrogens is 474 g/mol. The van der Waals surface area contributed by atoms with E-state index < -0.39 is 5.60 Å². The molecule has 198 valence electrons. The van der Waals surface area contributed by atoms with Crippen molar-refractivity contribution in [2.24, 2.45) is 17.8 Å². The Morgan fingerprint density at radius 2 is 1.89 bits per heavy atom. The Kier molecular flexibility index (Phi) is 7.94. The smallest absolute Gasteiger partial charge is 0.410 e. The van der Waals surface area contributed by atoms with E-state index in [0.29, 0.717) is 24.3 Å². The third kappa shape index (κ3) is 6.01. The fourth-order valence-corrected chi connectivity index (χ4v) is 6.10. The molecule has 1 saturated carbocycles. The third-order valence-electron chi connectivity index (χ3n) is 7.62. The zero-order chi connectivity index (χ0) is 26.2. The molecular formula is C29H42ClN3O3. The van der Waals surface area contributed by atoms with Gasteiger partial charge in [-0.1, -0.05) is 31.5 Å². The third-order valence-corrected chi connectivity index (χ3v) is 7.86. The van der Waals surface area contributed by atoms with E-state index in [9.17, 15) is 9.59 Å². The van der Waals surface area contributed by atoms with Gasteiger partial charge in [0.2, 0.25) is 5.91 Å². The average Bonchev–Trinajstić information content (AvgIpc) is 3.16. The normalized spacial score (nSPS) is 22.6. The molecule has 2 amide bonds. The number of halogens is 1. The standard InChI is InChI=1S/C29H42ClN3O3/c1-18(2)15-25-26-23(22-12-11-21(30)16-24(22)31-26)13-14-33(25)27(34)20-9-7-19(8-10-20)17-32(6)28(35)36-29(3,4)5/h11-12,16,18-20,25,31H,7-10,13-15,17H2,1-6H3. The number of carbonyl (C=O) groups excluding carboxylic acids is 2. The second-order valence-electron chi connectivity index (χ2n) is 12.2. The van der Waals surface area contributed by atoms with E-state index >= 15 is 0 Å². The molecule has 4 rings (SSSR count). The van der Waals surface area contributed by atoms with Crippen LogP contribution in [0.2, 0.25) is 5.02 Å². The molecule has 0 radical (unpaired) electrons. The molecule has 2 aliphatic rings. The Labute approximate surface area is 220 Å². The number of H-pyrrole nitrogens is 1. The fourth-order valence-electron chi connectivity index (χ4n) is 5.93. The second kappa shape index (κ2) is 10.6. The highest BCUT2D eigenvalue weighted by Gasteiger charge is 2.38. The molecule has 1 aliphatic carbocycles. The maximum atomic E-state index is 13.8. The largest absolute Gasteiger partial charge is 0.444 e. The topological polar surface area (TPSA) is 65.6 Å². The zero-order valence-electron chi connectivity index (χ0n) is 22.7. The lowest BCUT2D eigenvalue weighted by molar-refractivity contribution is -0.140. The first kappa shape index (κ1) is 26.8.